The fourth-order valence-corrected chi connectivity index (χ4v) is 10.6. The Kier molecular flexibility index (Phi) is 9.39. The van der Waals surface area contributed by atoms with Gasteiger partial charge in [-0.2, -0.15) is 6.07 Å². The first-order valence-corrected chi connectivity index (χ1v) is 22.0. The number of benzene rings is 5. The molecule has 0 radical (unpaired) electrons. The zero-order valence-corrected chi connectivity index (χ0v) is 41.1. The Hall–Kier alpha value is -4.99. The molecular formula is C56H58N4OPt. The Morgan fingerprint density at radius 2 is 1.26 bits per heavy atom. The van der Waals surface area contributed by atoms with Crippen LogP contribution in [0, 0.1) is 45.2 Å². The molecule has 0 saturated heterocycles. The van der Waals surface area contributed by atoms with Gasteiger partial charge < -0.3 is 13.9 Å². The van der Waals surface area contributed by atoms with Crippen molar-refractivity contribution in [3.05, 3.63) is 147 Å². The molecule has 62 heavy (non-hydrogen) atoms. The van der Waals surface area contributed by atoms with Gasteiger partial charge in [0.25, 0.3) is 0 Å². The second-order valence-corrected chi connectivity index (χ2v) is 21.5. The first-order valence-electron chi connectivity index (χ1n) is 22.0. The maximum absolute atomic E-state index is 7.43. The van der Waals surface area contributed by atoms with E-state index in [1.807, 2.05) is 6.20 Å². The van der Waals surface area contributed by atoms with Gasteiger partial charge in [0.05, 0.1) is 0 Å². The number of nitrogens with zero attached hydrogens (tertiary/aromatic N) is 4. The van der Waals surface area contributed by atoms with E-state index in [1.165, 1.54) is 55.3 Å². The molecule has 4 heterocycles. The molecule has 0 bridgehead atoms. The van der Waals surface area contributed by atoms with Crippen LogP contribution in [0.25, 0.3) is 55.1 Å². The van der Waals surface area contributed by atoms with Crippen LogP contribution in [0.4, 0.5) is 0 Å². The third kappa shape index (κ3) is 6.04. The van der Waals surface area contributed by atoms with Crippen molar-refractivity contribution in [2.24, 2.45) is 10.4 Å². The van der Waals surface area contributed by atoms with E-state index in [4.69, 9.17) is 14.7 Å². The minimum Gasteiger partial charge on any atom is -0.510 e. The molecule has 0 amide bonds. The summed E-state index contributed by atoms with van der Waals surface area (Å²) in [7, 11) is 0. The smallest absolute Gasteiger partial charge is 0.510 e. The van der Waals surface area contributed by atoms with Gasteiger partial charge in [0.15, 0.2) is 0 Å². The number of aliphatic imine (C=N–C) groups is 1. The molecule has 6 heteroatoms. The Bertz CT molecular complexity index is 3210. The van der Waals surface area contributed by atoms with Crippen molar-refractivity contribution in [3.63, 3.8) is 0 Å². The average molecular weight is 998 g/mol. The molecule has 1 aliphatic carbocycles. The molecule has 318 valence electrons. The minimum absolute atomic E-state index is 0. The standard InChI is InChI=1S/C56H58N4O.Pt/c1-32-15-19-45-41(23-32)43-29-44-42-24-33(2)16-20-46(42)60(49-28-38(21-22-57-49)52(5,6)7)48(44)30-47(43)59(45)40-26-37(25-39(27-40)53(8,9)10)51-58-55(14)50-35(4)34(3)17-18-36(50)31-56(55,61-51)54(11,12)13;/h15-25,27-29H,31H2,1-14H3;/q-2;+2/t55-,56-;/m1./s1. The fraction of sp³-hybridized carbons (Fsp3) is 0.357. The largest absolute Gasteiger partial charge is 2.00 e. The molecule has 1 aliphatic heterocycles. The average Bonchev–Trinajstić information content (AvgIpc) is 3.86. The molecule has 0 unspecified atom stereocenters. The molecule has 0 fully saturated rings. The van der Waals surface area contributed by atoms with Crippen molar-refractivity contribution < 1.29 is 25.8 Å². The minimum atomic E-state index is -0.564. The van der Waals surface area contributed by atoms with Crippen LogP contribution in [0.5, 0.6) is 0 Å². The second-order valence-electron chi connectivity index (χ2n) is 21.5. The predicted molar refractivity (Wildman–Crippen MR) is 254 cm³/mol. The molecule has 5 aromatic carbocycles. The van der Waals surface area contributed by atoms with E-state index in [2.05, 4.69) is 197 Å². The van der Waals surface area contributed by atoms with Gasteiger partial charge in [0.2, 0.25) is 0 Å². The van der Waals surface area contributed by atoms with Gasteiger partial charge in [-0.1, -0.05) is 126 Å². The second kappa shape index (κ2) is 13.8. The zero-order valence-electron chi connectivity index (χ0n) is 38.8. The quantitative estimate of drug-likeness (QED) is 0.166. The molecule has 0 saturated carbocycles. The summed E-state index contributed by atoms with van der Waals surface area (Å²) in [5.41, 5.74) is 14.6. The van der Waals surface area contributed by atoms with Crippen LogP contribution in [-0.2, 0) is 48.6 Å². The number of rotatable bonds is 3. The van der Waals surface area contributed by atoms with E-state index >= 15 is 0 Å². The number of ether oxygens (including phenoxy) is 1. The summed E-state index contributed by atoms with van der Waals surface area (Å²) in [5, 5.41) is 4.71. The van der Waals surface area contributed by atoms with Crippen molar-refractivity contribution in [2.75, 3.05) is 0 Å². The number of aromatic nitrogens is 3. The third-order valence-electron chi connectivity index (χ3n) is 14.2. The third-order valence-corrected chi connectivity index (χ3v) is 14.2. The summed E-state index contributed by atoms with van der Waals surface area (Å²) in [6, 6.07) is 37.4. The van der Waals surface area contributed by atoms with Gasteiger partial charge in [-0.15, -0.1) is 40.6 Å². The van der Waals surface area contributed by atoms with Crippen LogP contribution in [0.15, 0.2) is 90.1 Å². The maximum Gasteiger partial charge on any atom is 2.00 e. The van der Waals surface area contributed by atoms with Gasteiger partial charge in [0, 0.05) is 29.1 Å². The summed E-state index contributed by atoms with van der Waals surface area (Å²) >= 11 is 0. The molecule has 5 nitrogen and oxygen atoms in total. The van der Waals surface area contributed by atoms with Crippen molar-refractivity contribution in [1.82, 2.24) is 14.1 Å². The SMILES string of the molecule is Cc1ccc2c(c1)c1cc3c4cc(C)ccc4n(-c4cc(C(C)(C)C)ccn4)c3[c-]c1n2-c1[c-]c(C2=N[C@]3(C)c4c(ccc(C)c4C)C[C@]3(C(C)(C)C)O2)cc(C(C)(C)C)c1.[Pt+2]. The molecule has 3 aromatic heterocycles. The first kappa shape index (κ1) is 42.3. The molecule has 0 spiro atoms. The fourth-order valence-electron chi connectivity index (χ4n) is 10.6. The number of pyridine rings is 1. The van der Waals surface area contributed by atoms with Crippen molar-refractivity contribution in [2.45, 2.75) is 125 Å². The van der Waals surface area contributed by atoms with Crippen LogP contribution < -0.4 is 0 Å². The van der Waals surface area contributed by atoms with Gasteiger partial charge >= 0.3 is 21.1 Å². The summed E-state index contributed by atoms with van der Waals surface area (Å²) in [4.78, 5) is 10.7. The maximum atomic E-state index is 7.43. The van der Waals surface area contributed by atoms with E-state index in [1.54, 1.807) is 0 Å². The number of fused-ring (bicyclic) bond motifs is 9. The summed E-state index contributed by atoms with van der Waals surface area (Å²) < 4.78 is 12.1. The van der Waals surface area contributed by atoms with Gasteiger partial charge in [-0.25, -0.2) is 4.98 Å². The van der Waals surface area contributed by atoms with Crippen LogP contribution in [0.2, 0.25) is 0 Å². The number of hydrogen-bond donors (Lipinski definition) is 0. The monoisotopic (exact) mass is 997 g/mol. The van der Waals surface area contributed by atoms with Gasteiger partial charge in [0.1, 0.15) is 22.9 Å². The van der Waals surface area contributed by atoms with Gasteiger partial charge in [-0.05, 0) is 114 Å². The molecule has 2 aliphatic rings. The molecule has 0 N–H and O–H groups in total. The summed E-state index contributed by atoms with van der Waals surface area (Å²) in [6.07, 6.45) is 2.75. The van der Waals surface area contributed by atoms with Crippen LogP contribution in [0.3, 0.4) is 0 Å². The van der Waals surface area contributed by atoms with Crippen molar-refractivity contribution in [1.29, 1.82) is 0 Å². The van der Waals surface area contributed by atoms with Crippen LogP contribution >= 0.6 is 0 Å². The van der Waals surface area contributed by atoms with Crippen LogP contribution in [-0.4, -0.2) is 25.6 Å². The molecular weight excluding hydrogens is 940 g/mol. The predicted octanol–water partition coefficient (Wildman–Crippen LogP) is 13.7. The van der Waals surface area contributed by atoms with E-state index in [-0.39, 0.29) is 37.3 Å². The molecule has 8 aromatic rings. The summed E-state index contributed by atoms with van der Waals surface area (Å²) in [6.45, 7) is 31.7. The topological polar surface area (TPSA) is 44.3 Å². The molecule has 10 rings (SSSR count). The first-order chi connectivity index (χ1) is 28.6. The van der Waals surface area contributed by atoms with E-state index < -0.39 is 11.1 Å². The number of hydrogen-bond acceptors (Lipinski definition) is 3. The van der Waals surface area contributed by atoms with Crippen LogP contribution in [0.1, 0.15) is 119 Å². The van der Waals surface area contributed by atoms with E-state index in [0.29, 0.717) is 5.90 Å². The Morgan fingerprint density at radius 1 is 0.645 bits per heavy atom. The van der Waals surface area contributed by atoms with Crippen molar-refractivity contribution >= 4 is 49.5 Å². The van der Waals surface area contributed by atoms with Gasteiger partial charge in [-0.3, -0.25) is 4.99 Å². The Balaban J connectivity index is 0.00000490. The summed E-state index contributed by atoms with van der Waals surface area (Å²) in [5.74, 6) is 1.56. The van der Waals surface area contributed by atoms with E-state index in [9.17, 15) is 0 Å². The van der Waals surface area contributed by atoms with E-state index in [0.717, 1.165) is 56.3 Å². The van der Waals surface area contributed by atoms with Crippen molar-refractivity contribution in [3.8, 4) is 11.5 Å². The zero-order chi connectivity index (χ0) is 43.3. The number of aryl methyl sites for hydroxylation is 3. The normalized spacial score (nSPS) is 19.0. The Labute approximate surface area is 381 Å². The Morgan fingerprint density at radius 3 is 1.87 bits per heavy atom. The molecule has 2 atom stereocenters.